The number of rotatable bonds is 2. The largest absolute Gasteiger partial charge is 0.497 e. The van der Waals surface area contributed by atoms with Crippen LogP contribution in [0.2, 0.25) is 0 Å². The maximum atomic E-state index is 9.07. The molecule has 2 N–H and O–H groups in total. The molecule has 1 aromatic carbocycles. The standard InChI is InChI=1S/C8H10BBrO3/c1-5-3-6(10)4-7(13-2)8(5)9(11)12/h3-4,11-12H,1-2H3. The van der Waals surface area contributed by atoms with E-state index < -0.39 is 7.12 Å². The normalized spacial score (nSPS) is 9.92. The number of benzene rings is 1. The Hall–Kier alpha value is -0.515. The van der Waals surface area contributed by atoms with Crippen LogP contribution in [0.15, 0.2) is 16.6 Å². The van der Waals surface area contributed by atoms with Gasteiger partial charge in [-0.2, -0.15) is 0 Å². The number of aryl methyl sites for hydroxylation is 1. The summed E-state index contributed by atoms with van der Waals surface area (Å²) < 4.78 is 5.87. The lowest BCUT2D eigenvalue weighted by Gasteiger charge is -2.11. The molecule has 70 valence electrons. The van der Waals surface area contributed by atoms with Crippen molar-refractivity contribution < 1.29 is 14.8 Å². The maximum absolute atomic E-state index is 9.07. The molecule has 1 aromatic rings. The summed E-state index contributed by atoms with van der Waals surface area (Å²) in [6.07, 6.45) is 0. The Balaban J connectivity index is 3.30. The molecule has 0 aliphatic heterocycles. The average molecular weight is 245 g/mol. The Morgan fingerprint density at radius 2 is 2.00 bits per heavy atom. The molecule has 0 radical (unpaired) electrons. The van der Waals surface area contributed by atoms with Gasteiger partial charge >= 0.3 is 7.12 Å². The Morgan fingerprint density at radius 3 is 2.46 bits per heavy atom. The molecule has 0 unspecified atom stereocenters. The van der Waals surface area contributed by atoms with Gasteiger partial charge in [0.25, 0.3) is 0 Å². The lowest BCUT2D eigenvalue weighted by molar-refractivity contribution is 0.402. The third kappa shape index (κ3) is 2.24. The second-order valence-electron chi connectivity index (χ2n) is 2.71. The van der Waals surface area contributed by atoms with E-state index in [2.05, 4.69) is 15.9 Å². The Morgan fingerprint density at radius 1 is 1.38 bits per heavy atom. The summed E-state index contributed by atoms with van der Waals surface area (Å²) in [6, 6.07) is 3.50. The highest BCUT2D eigenvalue weighted by Gasteiger charge is 2.19. The first kappa shape index (κ1) is 10.6. The molecule has 0 atom stereocenters. The van der Waals surface area contributed by atoms with Crippen molar-refractivity contribution in [1.29, 1.82) is 0 Å². The summed E-state index contributed by atoms with van der Waals surface area (Å²) in [5.41, 5.74) is 1.19. The molecule has 0 amide bonds. The topological polar surface area (TPSA) is 49.7 Å². The van der Waals surface area contributed by atoms with Gasteiger partial charge in [0.2, 0.25) is 0 Å². The van der Waals surface area contributed by atoms with E-state index in [1.807, 2.05) is 0 Å². The third-order valence-electron chi connectivity index (χ3n) is 1.79. The number of hydrogen-bond acceptors (Lipinski definition) is 3. The predicted octanol–water partition coefficient (Wildman–Crippen LogP) is 0.446. The summed E-state index contributed by atoms with van der Waals surface area (Å²) in [5, 5.41) is 18.1. The van der Waals surface area contributed by atoms with Gasteiger partial charge in [-0.05, 0) is 24.6 Å². The smallest absolute Gasteiger partial charge is 0.492 e. The van der Waals surface area contributed by atoms with E-state index >= 15 is 0 Å². The van der Waals surface area contributed by atoms with E-state index in [4.69, 9.17) is 14.8 Å². The highest BCUT2D eigenvalue weighted by Crippen LogP contribution is 2.18. The molecule has 0 bridgehead atoms. The summed E-state index contributed by atoms with van der Waals surface area (Å²) in [6.45, 7) is 1.79. The van der Waals surface area contributed by atoms with Crippen LogP contribution in [0.4, 0.5) is 0 Å². The van der Waals surface area contributed by atoms with Gasteiger partial charge in [-0.3, -0.25) is 0 Å². The molecule has 0 fully saturated rings. The molecule has 0 spiro atoms. The summed E-state index contributed by atoms with van der Waals surface area (Å²) in [4.78, 5) is 0. The molecule has 0 saturated heterocycles. The van der Waals surface area contributed by atoms with Gasteiger partial charge in [-0.25, -0.2) is 0 Å². The molecule has 0 saturated carbocycles. The summed E-state index contributed by atoms with van der Waals surface area (Å²) in [7, 11) is -0.00403. The lowest BCUT2D eigenvalue weighted by atomic mass is 9.76. The minimum Gasteiger partial charge on any atom is -0.497 e. The number of methoxy groups -OCH3 is 1. The third-order valence-corrected chi connectivity index (χ3v) is 2.25. The second-order valence-corrected chi connectivity index (χ2v) is 3.63. The first-order valence-corrected chi connectivity index (χ1v) is 4.55. The summed E-state index contributed by atoms with van der Waals surface area (Å²) >= 11 is 3.29. The van der Waals surface area contributed by atoms with Crippen molar-refractivity contribution in [2.75, 3.05) is 7.11 Å². The highest BCUT2D eigenvalue weighted by atomic mass is 79.9. The zero-order valence-electron chi connectivity index (χ0n) is 7.41. The maximum Gasteiger partial charge on any atom is 0.492 e. The van der Waals surface area contributed by atoms with Crippen LogP contribution < -0.4 is 10.2 Å². The predicted molar refractivity (Wildman–Crippen MR) is 55.3 cm³/mol. The molecular weight excluding hydrogens is 235 g/mol. The first-order valence-electron chi connectivity index (χ1n) is 3.76. The summed E-state index contributed by atoms with van der Waals surface area (Å²) in [5.74, 6) is 0.474. The molecule has 0 aromatic heterocycles. The zero-order chi connectivity index (χ0) is 10.0. The van der Waals surface area contributed by atoms with E-state index in [-0.39, 0.29) is 0 Å². The fourth-order valence-electron chi connectivity index (χ4n) is 1.22. The Kier molecular flexibility index (Phi) is 3.36. The van der Waals surface area contributed by atoms with Gasteiger partial charge < -0.3 is 14.8 Å². The molecular formula is C8H10BBrO3. The molecule has 1 rings (SSSR count). The van der Waals surface area contributed by atoms with Crippen molar-refractivity contribution in [3.8, 4) is 5.75 Å². The fourth-order valence-corrected chi connectivity index (χ4v) is 1.77. The highest BCUT2D eigenvalue weighted by molar-refractivity contribution is 9.10. The Bertz CT molecular complexity index is 315. The van der Waals surface area contributed by atoms with Crippen LogP contribution in [0, 0.1) is 6.92 Å². The van der Waals surface area contributed by atoms with Gasteiger partial charge in [-0.15, -0.1) is 0 Å². The molecule has 0 heterocycles. The van der Waals surface area contributed by atoms with Gasteiger partial charge in [0, 0.05) is 9.94 Å². The Labute approximate surface area is 85.6 Å². The van der Waals surface area contributed by atoms with Crippen LogP contribution in [-0.2, 0) is 0 Å². The van der Waals surface area contributed by atoms with Crippen LogP contribution >= 0.6 is 15.9 Å². The van der Waals surface area contributed by atoms with Gasteiger partial charge in [0.15, 0.2) is 0 Å². The first-order chi connectivity index (χ1) is 6.06. The quantitative estimate of drug-likeness (QED) is 0.743. The fraction of sp³-hybridized carbons (Fsp3) is 0.250. The molecule has 3 nitrogen and oxygen atoms in total. The number of hydrogen-bond donors (Lipinski definition) is 2. The SMILES string of the molecule is COc1cc(Br)cc(C)c1B(O)O. The zero-order valence-corrected chi connectivity index (χ0v) is 9.00. The van der Waals surface area contributed by atoms with E-state index in [0.29, 0.717) is 11.2 Å². The van der Waals surface area contributed by atoms with Crippen molar-refractivity contribution in [3.05, 3.63) is 22.2 Å². The van der Waals surface area contributed by atoms with Crippen molar-refractivity contribution >= 4 is 28.5 Å². The number of ether oxygens (including phenoxy) is 1. The average Bonchev–Trinajstić information content (AvgIpc) is 2.01. The van der Waals surface area contributed by atoms with Crippen LogP contribution in [0.5, 0.6) is 5.75 Å². The van der Waals surface area contributed by atoms with Gasteiger partial charge in [0.1, 0.15) is 5.75 Å². The van der Waals surface area contributed by atoms with E-state index in [1.54, 1.807) is 19.1 Å². The minimum absolute atomic E-state index is 0.408. The van der Waals surface area contributed by atoms with E-state index in [9.17, 15) is 0 Å². The lowest BCUT2D eigenvalue weighted by Crippen LogP contribution is -2.33. The minimum atomic E-state index is -1.50. The van der Waals surface area contributed by atoms with Crippen LogP contribution in [0.25, 0.3) is 0 Å². The molecule has 0 aliphatic carbocycles. The van der Waals surface area contributed by atoms with Crippen LogP contribution in [0.1, 0.15) is 5.56 Å². The van der Waals surface area contributed by atoms with Crippen molar-refractivity contribution in [3.63, 3.8) is 0 Å². The van der Waals surface area contributed by atoms with Crippen molar-refractivity contribution in [1.82, 2.24) is 0 Å². The molecule has 5 heteroatoms. The van der Waals surface area contributed by atoms with Gasteiger partial charge in [0.05, 0.1) is 7.11 Å². The van der Waals surface area contributed by atoms with E-state index in [0.717, 1.165) is 10.0 Å². The van der Waals surface area contributed by atoms with Crippen LogP contribution in [-0.4, -0.2) is 24.3 Å². The van der Waals surface area contributed by atoms with Crippen molar-refractivity contribution in [2.45, 2.75) is 6.92 Å². The monoisotopic (exact) mass is 244 g/mol. The van der Waals surface area contributed by atoms with E-state index in [1.165, 1.54) is 7.11 Å². The molecule has 13 heavy (non-hydrogen) atoms. The van der Waals surface area contributed by atoms with Gasteiger partial charge in [-0.1, -0.05) is 15.9 Å². The second kappa shape index (κ2) is 4.13. The van der Waals surface area contributed by atoms with Crippen LogP contribution in [0.3, 0.4) is 0 Å². The number of halogens is 1. The van der Waals surface area contributed by atoms with Crippen molar-refractivity contribution in [2.24, 2.45) is 0 Å². The molecule has 0 aliphatic rings.